The predicted octanol–water partition coefficient (Wildman–Crippen LogP) is 6.03. The van der Waals surface area contributed by atoms with Crippen LogP contribution in [0.4, 0.5) is 10.5 Å². The van der Waals surface area contributed by atoms with Crippen LogP contribution in [0.2, 0.25) is 0 Å². The number of furan rings is 1. The van der Waals surface area contributed by atoms with Gasteiger partial charge in [-0.3, -0.25) is 14.9 Å². The van der Waals surface area contributed by atoms with Crippen LogP contribution in [0.1, 0.15) is 32.0 Å². The number of rotatable bonds is 6. The van der Waals surface area contributed by atoms with Gasteiger partial charge >= 0.3 is 6.09 Å². The minimum atomic E-state index is -0.989. The number of carbonyl (C=O) groups is 2. The highest BCUT2D eigenvalue weighted by molar-refractivity contribution is 6.14. The molecule has 3 aromatic heterocycles. The molecule has 5 rings (SSSR count). The van der Waals surface area contributed by atoms with Crippen LogP contribution in [0.3, 0.4) is 0 Å². The summed E-state index contributed by atoms with van der Waals surface area (Å²) in [6, 6.07) is 17.9. The molecule has 9 nitrogen and oxygen atoms in total. The molecule has 204 valence electrons. The minimum Gasteiger partial charge on any atom is -0.472 e. The molecule has 0 aliphatic carbocycles. The van der Waals surface area contributed by atoms with Crippen molar-refractivity contribution in [1.29, 1.82) is 0 Å². The Hall–Kier alpha value is -4.76. The number of nitrogens with two attached hydrogens (primary N) is 1. The van der Waals surface area contributed by atoms with Crippen LogP contribution in [0.5, 0.6) is 0 Å². The summed E-state index contributed by atoms with van der Waals surface area (Å²) in [7, 11) is 0. The largest absolute Gasteiger partial charge is 0.472 e. The third-order valence-electron chi connectivity index (χ3n) is 6.40. The van der Waals surface area contributed by atoms with Crippen molar-refractivity contribution in [3.8, 4) is 22.4 Å². The summed E-state index contributed by atoms with van der Waals surface area (Å²) in [6.45, 7) is 7.15. The highest BCUT2D eigenvalue weighted by atomic mass is 16.6. The molecular weight excluding hydrogens is 506 g/mol. The number of benzene rings is 2. The molecule has 3 N–H and O–H groups in total. The summed E-state index contributed by atoms with van der Waals surface area (Å²) < 4.78 is 11.0. The smallest absolute Gasteiger partial charge is 0.421 e. The van der Waals surface area contributed by atoms with Gasteiger partial charge in [-0.05, 0) is 69.5 Å². The zero-order valence-corrected chi connectivity index (χ0v) is 22.8. The number of ether oxygens (including phenoxy) is 1. The van der Waals surface area contributed by atoms with Gasteiger partial charge in [-0.2, -0.15) is 5.10 Å². The zero-order valence-electron chi connectivity index (χ0n) is 22.8. The summed E-state index contributed by atoms with van der Waals surface area (Å²) in [5, 5.41) is 8.26. The molecule has 0 saturated carbocycles. The molecule has 40 heavy (non-hydrogen) atoms. The van der Waals surface area contributed by atoms with Gasteiger partial charge in [0.25, 0.3) is 5.91 Å². The second-order valence-electron chi connectivity index (χ2n) is 10.6. The fourth-order valence-corrected chi connectivity index (χ4v) is 4.49. The number of fused-ring (bicyclic) bond motifs is 1. The Kier molecular flexibility index (Phi) is 7.23. The first-order chi connectivity index (χ1) is 19.1. The van der Waals surface area contributed by atoms with E-state index in [1.54, 1.807) is 45.4 Å². The second-order valence-corrected chi connectivity index (χ2v) is 10.6. The van der Waals surface area contributed by atoms with Crippen molar-refractivity contribution in [3.63, 3.8) is 0 Å². The summed E-state index contributed by atoms with van der Waals surface area (Å²) in [5.41, 5.74) is 11.3. The van der Waals surface area contributed by atoms with Crippen molar-refractivity contribution >= 4 is 28.6 Å². The number of hydrogen-bond acceptors (Lipinski definition) is 7. The van der Waals surface area contributed by atoms with Crippen molar-refractivity contribution in [3.05, 3.63) is 90.6 Å². The summed E-state index contributed by atoms with van der Waals surface area (Å²) in [5.74, 6) is -0.594. The molecule has 0 fully saturated rings. The van der Waals surface area contributed by atoms with Gasteiger partial charge in [0, 0.05) is 16.5 Å². The number of aromatic amines is 1. The third kappa shape index (κ3) is 5.64. The van der Waals surface area contributed by atoms with Crippen molar-refractivity contribution in [2.24, 2.45) is 5.73 Å². The lowest BCUT2D eigenvalue weighted by Gasteiger charge is -2.28. The van der Waals surface area contributed by atoms with E-state index in [0.717, 1.165) is 38.2 Å². The van der Waals surface area contributed by atoms with Crippen LogP contribution in [0, 0.1) is 6.92 Å². The minimum absolute atomic E-state index is 0.244. The first kappa shape index (κ1) is 26.8. The second kappa shape index (κ2) is 10.8. The van der Waals surface area contributed by atoms with E-state index in [1.807, 2.05) is 55.5 Å². The first-order valence-corrected chi connectivity index (χ1v) is 12.9. The fourth-order valence-electron chi connectivity index (χ4n) is 4.49. The number of aromatic nitrogens is 3. The van der Waals surface area contributed by atoms with Gasteiger partial charge in [0.05, 0.1) is 47.4 Å². The highest BCUT2D eigenvalue weighted by Gasteiger charge is 2.33. The van der Waals surface area contributed by atoms with Crippen LogP contribution in [0.15, 0.2) is 83.8 Å². The van der Waals surface area contributed by atoms with Gasteiger partial charge in [0.15, 0.2) is 0 Å². The van der Waals surface area contributed by atoms with Gasteiger partial charge in [-0.1, -0.05) is 36.4 Å². The Labute approximate surface area is 232 Å². The molecule has 0 bridgehead atoms. The predicted molar refractivity (Wildman–Crippen MR) is 154 cm³/mol. The Morgan fingerprint density at radius 2 is 1.85 bits per heavy atom. The van der Waals surface area contributed by atoms with Crippen LogP contribution in [0.25, 0.3) is 33.3 Å². The normalized spacial score (nSPS) is 12.3. The van der Waals surface area contributed by atoms with Crippen molar-refractivity contribution in [2.45, 2.75) is 45.8 Å². The van der Waals surface area contributed by atoms with Crippen LogP contribution in [-0.4, -0.2) is 38.8 Å². The SMILES string of the molecule is Cc1n[nH]c2ccc(-c3cc(N(C(=O)OC(C)(C)C)C(=O)[C@@H](N)Cc4ccccc4)cnc3-c3ccoc3)cc12. The number of anilines is 1. The molecule has 1 atom stereocenters. The van der Waals surface area contributed by atoms with E-state index in [9.17, 15) is 9.59 Å². The summed E-state index contributed by atoms with van der Waals surface area (Å²) in [6.07, 6.45) is 4.07. The number of H-pyrrole nitrogens is 1. The Morgan fingerprint density at radius 3 is 2.55 bits per heavy atom. The quantitative estimate of drug-likeness (QED) is 0.271. The van der Waals surface area contributed by atoms with Crippen LogP contribution in [-0.2, 0) is 16.0 Å². The molecule has 0 unspecified atom stereocenters. The molecule has 3 heterocycles. The maximum absolute atomic E-state index is 13.8. The van der Waals surface area contributed by atoms with Gasteiger partial charge in [0.2, 0.25) is 0 Å². The lowest BCUT2D eigenvalue weighted by Crippen LogP contribution is -2.49. The molecule has 0 spiro atoms. The number of imide groups is 1. The van der Waals surface area contributed by atoms with Gasteiger partial charge in [-0.15, -0.1) is 0 Å². The number of carbonyl (C=O) groups excluding carboxylic acids is 2. The topological polar surface area (TPSA) is 127 Å². The molecule has 2 aromatic carbocycles. The van der Waals surface area contributed by atoms with E-state index in [0.29, 0.717) is 11.3 Å². The third-order valence-corrected chi connectivity index (χ3v) is 6.40. The van der Waals surface area contributed by atoms with Gasteiger partial charge in [-0.25, -0.2) is 9.69 Å². The van der Waals surface area contributed by atoms with Crippen molar-refractivity contribution < 1.29 is 18.7 Å². The van der Waals surface area contributed by atoms with E-state index in [4.69, 9.17) is 14.9 Å². The number of aryl methyl sites for hydroxylation is 1. The lowest BCUT2D eigenvalue weighted by molar-refractivity contribution is -0.119. The highest BCUT2D eigenvalue weighted by Crippen LogP contribution is 2.36. The molecule has 0 aliphatic rings. The van der Waals surface area contributed by atoms with E-state index in [1.165, 1.54) is 6.20 Å². The summed E-state index contributed by atoms with van der Waals surface area (Å²) in [4.78, 5) is 32.9. The fraction of sp³-hybridized carbons (Fsp3) is 0.226. The Bertz CT molecular complexity index is 1650. The lowest BCUT2D eigenvalue weighted by atomic mass is 9.98. The number of nitrogens with zero attached hydrogens (tertiary/aromatic N) is 3. The number of pyridine rings is 1. The maximum Gasteiger partial charge on any atom is 0.421 e. The molecule has 9 heteroatoms. The van der Waals surface area contributed by atoms with Crippen LogP contribution >= 0.6 is 0 Å². The molecule has 0 aliphatic heterocycles. The molecule has 2 amide bonds. The number of nitrogens with one attached hydrogen (secondary N) is 1. The molecule has 0 saturated heterocycles. The van der Waals surface area contributed by atoms with Gasteiger partial charge in [0.1, 0.15) is 5.60 Å². The zero-order chi connectivity index (χ0) is 28.4. The van der Waals surface area contributed by atoms with E-state index < -0.39 is 23.6 Å². The Balaban J connectivity index is 1.62. The standard InChI is InChI=1S/C31H31N5O4/c1-19-24-15-21(10-11-27(24)35-34-19)25-16-23(17-33-28(25)22-12-13-39-18-22)36(30(38)40-31(2,3)4)29(37)26(32)14-20-8-6-5-7-9-20/h5-13,15-18,26H,14,32H2,1-4H3,(H,34,35)/t26-/m0/s1. The average Bonchev–Trinajstić information content (AvgIpc) is 3.58. The monoisotopic (exact) mass is 537 g/mol. The molecular formula is C31H31N5O4. The Morgan fingerprint density at radius 1 is 1.07 bits per heavy atom. The molecule has 5 aromatic rings. The average molecular weight is 538 g/mol. The van der Waals surface area contributed by atoms with E-state index >= 15 is 0 Å². The first-order valence-electron chi connectivity index (χ1n) is 12.9. The van der Waals surface area contributed by atoms with E-state index in [2.05, 4.69) is 15.2 Å². The van der Waals surface area contributed by atoms with E-state index in [-0.39, 0.29) is 12.1 Å². The number of hydrogen-bond donors (Lipinski definition) is 2. The summed E-state index contributed by atoms with van der Waals surface area (Å²) >= 11 is 0. The van der Waals surface area contributed by atoms with Crippen LogP contribution < -0.4 is 10.6 Å². The van der Waals surface area contributed by atoms with Gasteiger partial charge < -0.3 is 14.9 Å². The van der Waals surface area contributed by atoms with Crippen molar-refractivity contribution in [1.82, 2.24) is 15.2 Å². The molecule has 0 radical (unpaired) electrons. The number of amides is 2. The van der Waals surface area contributed by atoms with Crippen molar-refractivity contribution in [2.75, 3.05) is 4.90 Å². The maximum atomic E-state index is 13.8.